The Morgan fingerprint density at radius 1 is 1.17 bits per heavy atom. The van der Waals surface area contributed by atoms with E-state index < -0.39 is 0 Å². The molecule has 0 bridgehead atoms. The third kappa shape index (κ3) is 3.46. The van der Waals surface area contributed by atoms with Gasteiger partial charge in [0.05, 0.1) is 6.10 Å². The van der Waals surface area contributed by atoms with E-state index in [0.29, 0.717) is 12.0 Å². The fourth-order valence-electron chi connectivity index (χ4n) is 3.40. The van der Waals surface area contributed by atoms with Crippen LogP contribution in [0, 0.1) is 5.92 Å². The second-order valence-corrected chi connectivity index (χ2v) is 6.72. The largest absolute Gasteiger partial charge is 0.393 e. The fraction of sp³-hybridized carbons (Fsp3) is 1.00. The zero-order valence-electron chi connectivity index (χ0n) is 11.6. The van der Waals surface area contributed by atoms with Crippen molar-refractivity contribution in [3.63, 3.8) is 0 Å². The van der Waals surface area contributed by atoms with E-state index >= 15 is 0 Å². The summed E-state index contributed by atoms with van der Waals surface area (Å²) in [4.78, 5) is 2.69. The van der Waals surface area contributed by atoms with Crippen molar-refractivity contribution in [1.29, 1.82) is 0 Å². The quantitative estimate of drug-likeness (QED) is 0.756. The van der Waals surface area contributed by atoms with Crippen LogP contribution in [0.25, 0.3) is 0 Å². The highest BCUT2D eigenvalue weighted by Crippen LogP contribution is 2.33. The number of likely N-dealkylation sites (tertiary alicyclic amines) is 1. The minimum Gasteiger partial charge on any atom is -0.393 e. The summed E-state index contributed by atoms with van der Waals surface area (Å²) in [6.45, 7) is 4.57. The van der Waals surface area contributed by atoms with Gasteiger partial charge in [0.15, 0.2) is 0 Å². The van der Waals surface area contributed by atoms with E-state index in [4.69, 9.17) is 0 Å². The van der Waals surface area contributed by atoms with Crippen LogP contribution < -0.4 is 5.32 Å². The van der Waals surface area contributed by atoms with Gasteiger partial charge in [0.25, 0.3) is 0 Å². The van der Waals surface area contributed by atoms with Gasteiger partial charge in [0, 0.05) is 31.2 Å². The molecule has 2 aliphatic carbocycles. The first-order chi connectivity index (χ1) is 8.74. The van der Waals surface area contributed by atoms with Crippen LogP contribution in [0.4, 0.5) is 0 Å². The second-order valence-electron chi connectivity index (χ2n) is 6.72. The molecule has 0 radical (unpaired) electrons. The van der Waals surface area contributed by atoms with Crippen LogP contribution in [-0.2, 0) is 0 Å². The summed E-state index contributed by atoms with van der Waals surface area (Å²) in [5, 5.41) is 13.7. The number of aliphatic hydroxyl groups is 1. The number of rotatable bonds is 6. The molecule has 0 spiro atoms. The molecule has 2 N–H and O–H groups in total. The fourth-order valence-corrected chi connectivity index (χ4v) is 3.40. The van der Waals surface area contributed by atoms with E-state index in [9.17, 15) is 5.11 Å². The maximum atomic E-state index is 9.89. The lowest BCUT2D eigenvalue weighted by molar-refractivity contribution is 0.0799. The van der Waals surface area contributed by atoms with Gasteiger partial charge in [-0.2, -0.15) is 0 Å². The van der Waals surface area contributed by atoms with Crippen LogP contribution in [0.2, 0.25) is 0 Å². The van der Waals surface area contributed by atoms with Crippen molar-refractivity contribution in [1.82, 2.24) is 10.2 Å². The molecule has 3 rings (SSSR count). The molecule has 0 aromatic carbocycles. The lowest BCUT2D eigenvalue weighted by atomic mass is 9.88. The smallest absolute Gasteiger partial charge is 0.0540 e. The summed E-state index contributed by atoms with van der Waals surface area (Å²) in [6, 6.07) is 2.36. The van der Waals surface area contributed by atoms with Crippen molar-refractivity contribution in [3.05, 3.63) is 0 Å². The standard InChI is InChI=1S/C15H28N2O/c1-2-15(18)8-11-7-13(16-12-3-4-12)10-17(9-11)14-5-6-14/h11-16,18H,2-10H2,1H3. The van der Waals surface area contributed by atoms with Gasteiger partial charge in [-0.25, -0.2) is 0 Å². The average molecular weight is 252 g/mol. The molecule has 104 valence electrons. The van der Waals surface area contributed by atoms with E-state index in [-0.39, 0.29) is 6.10 Å². The molecule has 3 atom stereocenters. The molecule has 3 nitrogen and oxygen atoms in total. The normalized spacial score (nSPS) is 35.7. The minimum absolute atomic E-state index is 0.0873. The predicted octanol–water partition coefficient (Wildman–Crippen LogP) is 1.75. The lowest BCUT2D eigenvalue weighted by Crippen LogP contribution is -2.51. The first kappa shape index (κ1) is 12.9. The van der Waals surface area contributed by atoms with Gasteiger partial charge in [-0.05, 0) is 50.9 Å². The van der Waals surface area contributed by atoms with Crippen molar-refractivity contribution < 1.29 is 5.11 Å². The zero-order chi connectivity index (χ0) is 12.5. The summed E-state index contributed by atoms with van der Waals surface area (Å²) in [5.74, 6) is 0.700. The molecule has 3 fully saturated rings. The van der Waals surface area contributed by atoms with Gasteiger partial charge in [0.1, 0.15) is 0 Å². The summed E-state index contributed by atoms with van der Waals surface area (Å²) in [6.07, 6.45) is 8.65. The maximum absolute atomic E-state index is 9.89. The Morgan fingerprint density at radius 2 is 1.94 bits per heavy atom. The van der Waals surface area contributed by atoms with E-state index in [2.05, 4.69) is 17.1 Å². The van der Waals surface area contributed by atoms with Crippen LogP contribution in [0.1, 0.15) is 51.9 Å². The van der Waals surface area contributed by atoms with Crippen molar-refractivity contribution in [2.75, 3.05) is 13.1 Å². The van der Waals surface area contributed by atoms with Gasteiger partial charge in [-0.1, -0.05) is 6.92 Å². The van der Waals surface area contributed by atoms with Crippen LogP contribution >= 0.6 is 0 Å². The molecular formula is C15H28N2O. The van der Waals surface area contributed by atoms with E-state index in [1.807, 2.05) is 0 Å². The topological polar surface area (TPSA) is 35.5 Å². The monoisotopic (exact) mass is 252 g/mol. The van der Waals surface area contributed by atoms with Crippen molar-refractivity contribution >= 4 is 0 Å². The number of hydrogen-bond acceptors (Lipinski definition) is 3. The highest BCUT2D eigenvalue weighted by Gasteiger charge is 2.37. The van der Waals surface area contributed by atoms with Gasteiger partial charge >= 0.3 is 0 Å². The van der Waals surface area contributed by atoms with Gasteiger partial charge in [-0.3, -0.25) is 4.90 Å². The van der Waals surface area contributed by atoms with Crippen LogP contribution in [0.15, 0.2) is 0 Å². The van der Waals surface area contributed by atoms with Gasteiger partial charge < -0.3 is 10.4 Å². The third-order valence-electron chi connectivity index (χ3n) is 4.75. The third-order valence-corrected chi connectivity index (χ3v) is 4.75. The Kier molecular flexibility index (Phi) is 3.92. The Balaban J connectivity index is 1.54. The molecule has 1 saturated heterocycles. The summed E-state index contributed by atoms with van der Waals surface area (Å²) in [7, 11) is 0. The molecule has 1 aliphatic heterocycles. The number of nitrogens with zero attached hydrogens (tertiary/aromatic N) is 1. The van der Waals surface area contributed by atoms with E-state index in [1.54, 1.807) is 0 Å². The number of aliphatic hydroxyl groups excluding tert-OH is 1. The lowest BCUT2D eigenvalue weighted by Gasteiger charge is -2.39. The van der Waals surface area contributed by atoms with Crippen LogP contribution in [-0.4, -0.2) is 47.3 Å². The Hall–Kier alpha value is -0.120. The van der Waals surface area contributed by atoms with E-state index in [0.717, 1.165) is 24.9 Å². The molecular weight excluding hydrogens is 224 g/mol. The summed E-state index contributed by atoms with van der Waals surface area (Å²) in [5.41, 5.74) is 0. The first-order valence-electron chi connectivity index (χ1n) is 7.92. The summed E-state index contributed by atoms with van der Waals surface area (Å²) < 4.78 is 0. The SMILES string of the molecule is CCC(O)CC1CC(NC2CC2)CN(C2CC2)C1. The van der Waals surface area contributed by atoms with Crippen molar-refractivity contribution in [2.45, 2.75) is 76.1 Å². The van der Waals surface area contributed by atoms with Crippen LogP contribution in [0.5, 0.6) is 0 Å². The molecule has 18 heavy (non-hydrogen) atoms. The molecule has 3 heteroatoms. The average Bonchev–Trinajstić information content (AvgIpc) is 3.21. The highest BCUT2D eigenvalue weighted by molar-refractivity contribution is 4.95. The first-order valence-corrected chi connectivity index (χ1v) is 7.92. The molecule has 1 heterocycles. The van der Waals surface area contributed by atoms with Crippen molar-refractivity contribution in [2.24, 2.45) is 5.92 Å². The Labute approximate surface area is 111 Å². The number of hydrogen-bond donors (Lipinski definition) is 2. The molecule has 2 saturated carbocycles. The van der Waals surface area contributed by atoms with Crippen molar-refractivity contribution in [3.8, 4) is 0 Å². The molecule has 0 aromatic rings. The molecule has 3 unspecified atom stereocenters. The predicted molar refractivity (Wildman–Crippen MR) is 73.6 cm³/mol. The zero-order valence-corrected chi connectivity index (χ0v) is 11.6. The van der Waals surface area contributed by atoms with Crippen LogP contribution in [0.3, 0.4) is 0 Å². The molecule has 0 aromatic heterocycles. The van der Waals surface area contributed by atoms with E-state index in [1.165, 1.54) is 45.2 Å². The Bertz CT molecular complexity index is 276. The number of nitrogens with one attached hydrogen (secondary N) is 1. The maximum Gasteiger partial charge on any atom is 0.0540 e. The minimum atomic E-state index is -0.0873. The Morgan fingerprint density at radius 3 is 2.56 bits per heavy atom. The van der Waals surface area contributed by atoms with Gasteiger partial charge in [0.2, 0.25) is 0 Å². The van der Waals surface area contributed by atoms with Gasteiger partial charge in [-0.15, -0.1) is 0 Å². The second kappa shape index (κ2) is 5.48. The number of piperidine rings is 1. The summed E-state index contributed by atoms with van der Waals surface area (Å²) >= 11 is 0. The molecule has 0 amide bonds. The highest BCUT2D eigenvalue weighted by atomic mass is 16.3. The molecule has 3 aliphatic rings.